The summed E-state index contributed by atoms with van der Waals surface area (Å²) in [5.74, 6) is -0.272. The first kappa shape index (κ1) is 14.0. The summed E-state index contributed by atoms with van der Waals surface area (Å²) < 4.78 is 32.2. The molecular formula is C16H13F2N3O2. The van der Waals surface area contributed by atoms with Crippen molar-refractivity contribution in [2.24, 2.45) is 0 Å². The topological polar surface area (TPSA) is 59.2 Å². The van der Waals surface area contributed by atoms with Crippen LogP contribution in [0.25, 0.3) is 22.1 Å². The Morgan fingerprint density at radius 2 is 2.13 bits per heavy atom. The monoisotopic (exact) mass is 317 g/mol. The van der Waals surface area contributed by atoms with Gasteiger partial charge in [0.25, 0.3) is 6.43 Å². The average Bonchev–Trinajstić information content (AvgIpc) is 3.17. The van der Waals surface area contributed by atoms with Crippen LogP contribution in [0.4, 0.5) is 14.6 Å². The Bertz CT molecular complexity index is 894. The molecule has 3 aromatic rings. The summed E-state index contributed by atoms with van der Waals surface area (Å²) in [6.45, 7) is 0.579. The number of carbonyl (C=O) groups excluding carboxylic acids is 1. The van der Waals surface area contributed by atoms with Gasteiger partial charge in [0, 0.05) is 11.9 Å². The lowest BCUT2D eigenvalue weighted by Gasteiger charge is -2.21. The molecule has 0 bridgehead atoms. The van der Waals surface area contributed by atoms with E-state index in [0.29, 0.717) is 35.0 Å². The van der Waals surface area contributed by atoms with Crippen LogP contribution < -0.4 is 4.90 Å². The van der Waals surface area contributed by atoms with Crippen LogP contribution in [-0.2, 0) is 4.79 Å². The third kappa shape index (κ3) is 2.15. The van der Waals surface area contributed by atoms with Crippen molar-refractivity contribution in [3.63, 3.8) is 0 Å². The maximum atomic E-state index is 13.2. The summed E-state index contributed by atoms with van der Waals surface area (Å²) in [4.78, 5) is 20.9. The molecule has 23 heavy (non-hydrogen) atoms. The molecule has 0 N–H and O–H groups in total. The van der Waals surface area contributed by atoms with E-state index < -0.39 is 12.2 Å². The summed E-state index contributed by atoms with van der Waals surface area (Å²) in [6.07, 6.45) is -0.478. The number of hydrogen-bond donors (Lipinski definition) is 0. The number of nitrogens with zero attached hydrogens (tertiary/aromatic N) is 3. The van der Waals surface area contributed by atoms with Gasteiger partial charge >= 0.3 is 0 Å². The maximum Gasteiger partial charge on any atom is 0.297 e. The quantitative estimate of drug-likeness (QED) is 0.692. The highest BCUT2D eigenvalue weighted by Gasteiger charge is 2.30. The molecule has 2 aromatic heterocycles. The van der Waals surface area contributed by atoms with Crippen LogP contribution in [-0.4, -0.2) is 28.8 Å². The van der Waals surface area contributed by atoms with Crippen molar-refractivity contribution in [2.45, 2.75) is 25.3 Å². The van der Waals surface area contributed by atoms with E-state index in [4.69, 9.17) is 4.42 Å². The second-order valence-corrected chi connectivity index (χ2v) is 5.52. The molecular weight excluding hydrogens is 304 g/mol. The Kier molecular flexibility index (Phi) is 3.21. The number of fused-ring (bicyclic) bond motifs is 3. The smallest absolute Gasteiger partial charge is 0.297 e. The highest BCUT2D eigenvalue weighted by molar-refractivity contribution is 6.06. The fourth-order valence-corrected chi connectivity index (χ4v) is 3.08. The molecule has 3 heterocycles. The van der Waals surface area contributed by atoms with E-state index >= 15 is 0 Å². The Morgan fingerprint density at radius 1 is 1.30 bits per heavy atom. The van der Waals surface area contributed by atoms with Crippen molar-refractivity contribution in [1.29, 1.82) is 0 Å². The van der Waals surface area contributed by atoms with Gasteiger partial charge in [-0.25, -0.2) is 18.7 Å². The van der Waals surface area contributed by atoms with E-state index in [1.165, 1.54) is 0 Å². The first-order valence-electron chi connectivity index (χ1n) is 7.38. The number of anilines is 1. The van der Waals surface area contributed by atoms with Crippen LogP contribution in [0.3, 0.4) is 0 Å². The van der Waals surface area contributed by atoms with Crippen molar-refractivity contribution < 1.29 is 18.0 Å². The minimum Gasteiger partial charge on any atom is -0.450 e. The lowest BCUT2D eigenvalue weighted by atomic mass is 10.2. The molecule has 1 fully saturated rings. The summed E-state index contributed by atoms with van der Waals surface area (Å²) in [7, 11) is 0. The average molecular weight is 317 g/mol. The van der Waals surface area contributed by atoms with Gasteiger partial charge in [-0.05, 0) is 25.0 Å². The van der Waals surface area contributed by atoms with Gasteiger partial charge in [-0.2, -0.15) is 0 Å². The first-order valence-corrected chi connectivity index (χ1v) is 7.38. The Hall–Kier alpha value is -2.57. The zero-order valence-corrected chi connectivity index (χ0v) is 12.1. The summed E-state index contributed by atoms with van der Waals surface area (Å²) in [5, 5.41) is 0.662. The first-order chi connectivity index (χ1) is 11.2. The molecule has 0 saturated carbocycles. The predicted molar refractivity (Wildman–Crippen MR) is 80.7 cm³/mol. The van der Waals surface area contributed by atoms with Crippen LogP contribution in [0, 0.1) is 0 Å². The summed E-state index contributed by atoms with van der Waals surface area (Å²) >= 11 is 0. The second kappa shape index (κ2) is 5.26. The van der Waals surface area contributed by atoms with Gasteiger partial charge in [0.05, 0.1) is 6.04 Å². The zero-order chi connectivity index (χ0) is 16.0. The van der Waals surface area contributed by atoms with E-state index in [9.17, 15) is 13.6 Å². The fraction of sp³-hybridized carbons (Fsp3) is 0.312. The normalized spacial score (nSPS) is 18.4. The minimum absolute atomic E-state index is 0.274. The van der Waals surface area contributed by atoms with Gasteiger partial charge < -0.3 is 14.1 Å². The number of halogens is 2. The van der Waals surface area contributed by atoms with Gasteiger partial charge in [0.2, 0.25) is 0 Å². The van der Waals surface area contributed by atoms with Crippen LogP contribution in [0.2, 0.25) is 0 Å². The van der Waals surface area contributed by atoms with E-state index in [0.717, 1.165) is 12.7 Å². The van der Waals surface area contributed by atoms with Crippen LogP contribution in [0.5, 0.6) is 0 Å². The summed E-state index contributed by atoms with van der Waals surface area (Å²) in [6, 6.07) is 6.76. The molecule has 118 valence electrons. The molecule has 0 unspecified atom stereocenters. The van der Waals surface area contributed by atoms with Crippen LogP contribution >= 0.6 is 0 Å². The highest BCUT2D eigenvalue weighted by atomic mass is 19.3. The number of rotatable bonds is 3. The van der Waals surface area contributed by atoms with Crippen LogP contribution in [0.1, 0.15) is 25.1 Å². The van der Waals surface area contributed by atoms with Crippen molar-refractivity contribution in [3.05, 3.63) is 30.1 Å². The molecule has 7 heteroatoms. The standard InChI is InChI=1S/C16H13F2N3O2/c17-14(18)15-19-12-10-5-1-2-6-11(10)23-13(12)16(20-15)21-7-3-4-9(21)8-22/h1-2,5-6,8-9,14H,3-4,7H2/t9-/m0/s1. The van der Waals surface area contributed by atoms with E-state index in [2.05, 4.69) is 9.97 Å². The van der Waals surface area contributed by atoms with E-state index in [-0.39, 0.29) is 11.9 Å². The summed E-state index contributed by atoms with van der Waals surface area (Å²) in [5.41, 5.74) is 1.27. The second-order valence-electron chi connectivity index (χ2n) is 5.52. The predicted octanol–water partition coefficient (Wildman–Crippen LogP) is 3.48. The van der Waals surface area contributed by atoms with Gasteiger partial charge in [-0.3, -0.25) is 0 Å². The number of hydrogen-bond acceptors (Lipinski definition) is 5. The SMILES string of the molecule is O=C[C@@H]1CCCN1c1nc(C(F)F)nc2c1oc1ccccc12. The number of benzene rings is 1. The van der Waals surface area contributed by atoms with Gasteiger partial charge in [0.15, 0.2) is 17.2 Å². The molecule has 5 nitrogen and oxygen atoms in total. The third-order valence-corrected chi connectivity index (χ3v) is 4.14. The van der Waals surface area contributed by atoms with Crippen LogP contribution in [0.15, 0.2) is 28.7 Å². The number of para-hydroxylation sites is 1. The number of carbonyl (C=O) groups is 1. The molecule has 1 saturated heterocycles. The fourth-order valence-electron chi connectivity index (χ4n) is 3.08. The lowest BCUT2D eigenvalue weighted by molar-refractivity contribution is -0.108. The molecule has 0 radical (unpaired) electrons. The van der Waals surface area contributed by atoms with Gasteiger partial charge in [0.1, 0.15) is 17.4 Å². The largest absolute Gasteiger partial charge is 0.450 e. The Morgan fingerprint density at radius 3 is 2.91 bits per heavy atom. The van der Waals surface area contributed by atoms with Crippen molar-refractivity contribution in [3.8, 4) is 0 Å². The molecule has 0 aliphatic carbocycles. The van der Waals surface area contributed by atoms with Crippen molar-refractivity contribution in [1.82, 2.24) is 9.97 Å². The van der Waals surface area contributed by atoms with Gasteiger partial charge in [-0.1, -0.05) is 12.1 Å². The molecule has 4 rings (SSSR count). The number of aldehydes is 1. The molecule has 1 aromatic carbocycles. The Balaban J connectivity index is 2.02. The van der Waals surface area contributed by atoms with E-state index in [1.54, 1.807) is 29.2 Å². The minimum atomic E-state index is -2.79. The molecule has 1 atom stereocenters. The maximum absolute atomic E-state index is 13.2. The van der Waals surface area contributed by atoms with E-state index in [1.807, 2.05) is 0 Å². The third-order valence-electron chi connectivity index (χ3n) is 4.14. The van der Waals surface area contributed by atoms with Crippen molar-refractivity contribution >= 4 is 34.2 Å². The number of aromatic nitrogens is 2. The van der Waals surface area contributed by atoms with Gasteiger partial charge in [-0.15, -0.1) is 0 Å². The zero-order valence-electron chi connectivity index (χ0n) is 12.1. The molecule has 1 aliphatic heterocycles. The number of alkyl halides is 2. The Labute approximate surface area is 129 Å². The highest BCUT2D eigenvalue weighted by Crippen LogP contribution is 2.36. The molecule has 0 amide bonds. The number of furan rings is 1. The molecule has 0 spiro atoms. The lowest BCUT2D eigenvalue weighted by Crippen LogP contribution is -2.31. The molecule has 1 aliphatic rings. The van der Waals surface area contributed by atoms with Crippen molar-refractivity contribution in [2.75, 3.05) is 11.4 Å².